The van der Waals surface area contributed by atoms with Gasteiger partial charge in [0.25, 0.3) is 0 Å². The van der Waals surface area contributed by atoms with Crippen LogP contribution in [0.1, 0.15) is 10.4 Å². The number of nitrogen functional groups attached to an aromatic ring is 1. The summed E-state index contributed by atoms with van der Waals surface area (Å²) in [6.07, 6.45) is 0. The average molecular weight is 242 g/mol. The SMILES string of the molecule is Cl.Nc1c(Cl)cc(Cl)cc1C(=O)O. The molecule has 0 spiro atoms. The molecule has 0 aromatic heterocycles. The van der Waals surface area contributed by atoms with E-state index in [4.69, 9.17) is 34.0 Å². The maximum absolute atomic E-state index is 10.5. The fourth-order valence-corrected chi connectivity index (χ4v) is 1.26. The van der Waals surface area contributed by atoms with E-state index < -0.39 is 5.97 Å². The van der Waals surface area contributed by atoms with E-state index >= 15 is 0 Å². The predicted octanol–water partition coefficient (Wildman–Crippen LogP) is 2.70. The standard InChI is InChI=1S/C7H5Cl2NO2.ClH/c8-3-1-4(7(11)12)6(10)5(9)2-3;/h1-2H,10H2,(H,11,12);1H. The van der Waals surface area contributed by atoms with Crippen molar-refractivity contribution in [3.63, 3.8) is 0 Å². The van der Waals surface area contributed by atoms with Crippen LogP contribution in [-0.2, 0) is 0 Å². The van der Waals surface area contributed by atoms with Gasteiger partial charge in [0.1, 0.15) is 0 Å². The Morgan fingerprint density at radius 3 is 2.38 bits per heavy atom. The van der Waals surface area contributed by atoms with Gasteiger partial charge in [-0.2, -0.15) is 0 Å². The van der Waals surface area contributed by atoms with Crippen molar-refractivity contribution >= 4 is 47.3 Å². The third-order valence-electron chi connectivity index (χ3n) is 1.32. The van der Waals surface area contributed by atoms with Crippen LogP contribution in [0, 0.1) is 0 Å². The second kappa shape index (κ2) is 4.56. The zero-order valence-corrected chi connectivity index (χ0v) is 8.58. The molecule has 72 valence electrons. The van der Waals surface area contributed by atoms with Crippen LogP contribution in [0.15, 0.2) is 12.1 Å². The Balaban J connectivity index is 0.00000144. The number of hydrogen-bond donors (Lipinski definition) is 2. The number of carboxylic acids is 1. The van der Waals surface area contributed by atoms with Gasteiger partial charge < -0.3 is 10.8 Å². The molecule has 0 aliphatic rings. The molecule has 13 heavy (non-hydrogen) atoms. The third-order valence-corrected chi connectivity index (χ3v) is 1.86. The lowest BCUT2D eigenvalue weighted by atomic mass is 10.2. The summed E-state index contributed by atoms with van der Waals surface area (Å²) in [5.41, 5.74) is 5.34. The van der Waals surface area contributed by atoms with Crippen molar-refractivity contribution in [2.24, 2.45) is 0 Å². The van der Waals surface area contributed by atoms with E-state index in [1.807, 2.05) is 0 Å². The quantitative estimate of drug-likeness (QED) is 0.744. The van der Waals surface area contributed by atoms with Gasteiger partial charge in [0, 0.05) is 5.02 Å². The molecule has 1 rings (SSSR count). The van der Waals surface area contributed by atoms with Crippen LogP contribution >= 0.6 is 35.6 Å². The van der Waals surface area contributed by atoms with Crippen molar-refractivity contribution in [3.05, 3.63) is 27.7 Å². The van der Waals surface area contributed by atoms with Gasteiger partial charge in [-0.05, 0) is 12.1 Å². The fourth-order valence-electron chi connectivity index (χ4n) is 0.762. The summed E-state index contributed by atoms with van der Waals surface area (Å²) in [4.78, 5) is 10.5. The second-order valence-electron chi connectivity index (χ2n) is 2.15. The van der Waals surface area contributed by atoms with E-state index in [9.17, 15) is 4.79 Å². The molecule has 1 aromatic rings. The normalized spacial score (nSPS) is 9.08. The lowest BCUT2D eigenvalue weighted by Crippen LogP contribution is -2.02. The minimum atomic E-state index is -1.14. The van der Waals surface area contributed by atoms with Crippen molar-refractivity contribution in [3.8, 4) is 0 Å². The summed E-state index contributed by atoms with van der Waals surface area (Å²) in [7, 11) is 0. The first-order chi connectivity index (χ1) is 5.52. The van der Waals surface area contributed by atoms with E-state index in [1.165, 1.54) is 12.1 Å². The summed E-state index contributed by atoms with van der Waals surface area (Å²) in [5, 5.41) is 9.03. The molecule has 0 saturated carbocycles. The summed E-state index contributed by atoms with van der Waals surface area (Å²) >= 11 is 11.2. The van der Waals surface area contributed by atoms with Crippen molar-refractivity contribution < 1.29 is 9.90 Å². The number of carbonyl (C=O) groups is 1. The summed E-state index contributed by atoms with van der Waals surface area (Å²) in [6.45, 7) is 0. The van der Waals surface area contributed by atoms with Crippen LogP contribution in [0.25, 0.3) is 0 Å². The molecule has 0 bridgehead atoms. The van der Waals surface area contributed by atoms with Gasteiger partial charge in [-0.25, -0.2) is 4.79 Å². The highest BCUT2D eigenvalue weighted by Gasteiger charge is 2.11. The topological polar surface area (TPSA) is 63.3 Å². The van der Waals surface area contributed by atoms with Crippen LogP contribution in [-0.4, -0.2) is 11.1 Å². The first kappa shape index (κ1) is 12.4. The molecule has 0 amide bonds. The highest BCUT2D eigenvalue weighted by molar-refractivity contribution is 6.37. The highest BCUT2D eigenvalue weighted by atomic mass is 35.5. The maximum Gasteiger partial charge on any atom is 0.337 e. The van der Waals surface area contributed by atoms with E-state index in [0.717, 1.165) is 0 Å². The van der Waals surface area contributed by atoms with E-state index in [2.05, 4.69) is 0 Å². The Morgan fingerprint density at radius 1 is 1.38 bits per heavy atom. The van der Waals surface area contributed by atoms with Crippen molar-refractivity contribution in [2.45, 2.75) is 0 Å². The minimum absolute atomic E-state index is 0. The summed E-state index contributed by atoms with van der Waals surface area (Å²) < 4.78 is 0. The number of rotatable bonds is 1. The Morgan fingerprint density at radius 2 is 1.92 bits per heavy atom. The van der Waals surface area contributed by atoms with Gasteiger partial charge in [-0.3, -0.25) is 0 Å². The molecule has 3 N–H and O–H groups in total. The summed E-state index contributed by atoms with van der Waals surface area (Å²) in [6, 6.07) is 2.65. The third kappa shape index (κ3) is 2.66. The smallest absolute Gasteiger partial charge is 0.337 e. The maximum atomic E-state index is 10.5. The van der Waals surface area contributed by atoms with E-state index in [0.29, 0.717) is 0 Å². The first-order valence-electron chi connectivity index (χ1n) is 3.00. The molecule has 0 saturated heterocycles. The number of anilines is 1. The lowest BCUT2D eigenvalue weighted by Gasteiger charge is -2.02. The zero-order chi connectivity index (χ0) is 9.30. The summed E-state index contributed by atoms with van der Waals surface area (Å²) in [5.74, 6) is -1.14. The van der Waals surface area contributed by atoms with Gasteiger partial charge in [0.05, 0.1) is 16.3 Å². The Kier molecular flexibility index (Phi) is 4.33. The van der Waals surface area contributed by atoms with Crippen LogP contribution < -0.4 is 5.73 Å². The molecule has 0 fully saturated rings. The molecule has 0 aliphatic carbocycles. The average Bonchev–Trinajstić information content (AvgIpc) is 1.96. The van der Waals surface area contributed by atoms with Crippen LogP contribution in [0.5, 0.6) is 0 Å². The second-order valence-corrected chi connectivity index (χ2v) is 3.00. The number of hydrogen-bond acceptors (Lipinski definition) is 2. The lowest BCUT2D eigenvalue weighted by molar-refractivity contribution is 0.0698. The molecule has 6 heteroatoms. The molecule has 3 nitrogen and oxygen atoms in total. The van der Waals surface area contributed by atoms with E-state index in [-0.39, 0.29) is 33.7 Å². The van der Waals surface area contributed by atoms with Gasteiger partial charge in [-0.15, -0.1) is 12.4 Å². The Labute approximate surface area is 90.9 Å². The van der Waals surface area contributed by atoms with Crippen LogP contribution in [0.2, 0.25) is 10.0 Å². The van der Waals surface area contributed by atoms with Gasteiger partial charge in [-0.1, -0.05) is 23.2 Å². The first-order valence-corrected chi connectivity index (χ1v) is 3.76. The molecule has 0 aliphatic heterocycles. The van der Waals surface area contributed by atoms with Gasteiger partial charge >= 0.3 is 5.97 Å². The molecule has 0 radical (unpaired) electrons. The van der Waals surface area contributed by atoms with Crippen molar-refractivity contribution in [1.82, 2.24) is 0 Å². The van der Waals surface area contributed by atoms with Gasteiger partial charge in [0.2, 0.25) is 0 Å². The molecule has 0 unspecified atom stereocenters. The number of nitrogens with two attached hydrogens (primary N) is 1. The highest BCUT2D eigenvalue weighted by Crippen LogP contribution is 2.27. The number of aromatic carboxylic acids is 1. The number of benzene rings is 1. The van der Waals surface area contributed by atoms with Gasteiger partial charge in [0.15, 0.2) is 0 Å². The van der Waals surface area contributed by atoms with Crippen molar-refractivity contribution in [1.29, 1.82) is 0 Å². The molecule has 0 atom stereocenters. The van der Waals surface area contributed by atoms with Crippen molar-refractivity contribution in [2.75, 3.05) is 5.73 Å². The number of carboxylic acid groups (broad SMARTS) is 1. The zero-order valence-electron chi connectivity index (χ0n) is 6.25. The predicted molar refractivity (Wildman–Crippen MR) is 55.1 cm³/mol. The Hall–Kier alpha value is -0.640. The monoisotopic (exact) mass is 241 g/mol. The number of halogens is 3. The molecule has 0 heterocycles. The van der Waals surface area contributed by atoms with Crippen LogP contribution in [0.3, 0.4) is 0 Å². The minimum Gasteiger partial charge on any atom is -0.478 e. The van der Waals surface area contributed by atoms with Crippen LogP contribution in [0.4, 0.5) is 5.69 Å². The molecular formula is C7H6Cl3NO2. The largest absolute Gasteiger partial charge is 0.478 e. The molecule has 1 aromatic carbocycles. The molecular weight excluding hydrogens is 236 g/mol. The van der Waals surface area contributed by atoms with E-state index in [1.54, 1.807) is 0 Å². The fraction of sp³-hybridized carbons (Fsp3) is 0. The Bertz CT molecular complexity index is 341.